The molecule has 0 atom stereocenters. The van der Waals surface area contributed by atoms with E-state index in [1.54, 1.807) is 18.2 Å². The van der Waals surface area contributed by atoms with Gasteiger partial charge in [0.1, 0.15) is 0 Å². The predicted molar refractivity (Wildman–Crippen MR) is 74.4 cm³/mol. The Morgan fingerprint density at radius 1 is 1.33 bits per heavy atom. The van der Waals surface area contributed by atoms with Crippen molar-refractivity contribution in [1.82, 2.24) is 10.6 Å². The maximum atomic E-state index is 12.2. The molecule has 1 heterocycles. The molecule has 0 radical (unpaired) electrons. The van der Waals surface area contributed by atoms with Crippen LogP contribution in [0, 0.1) is 0 Å². The second kappa shape index (κ2) is 5.47. The third kappa shape index (κ3) is 3.16. The van der Waals surface area contributed by atoms with Crippen molar-refractivity contribution in [3.63, 3.8) is 0 Å². The first-order valence-electron chi connectivity index (χ1n) is 5.98. The van der Waals surface area contributed by atoms with E-state index in [1.165, 1.54) is 0 Å². The van der Waals surface area contributed by atoms with Crippen LogP contribution in [0.5, 0.6) is 0 Å². The average Bonchev–Trinajstić information content (AvgIpc) is 2.32. The van der Waals surface area contributed by atoms with Crippen LogP contribution >= 0.6 is 23.2 Å². The fraction of sp³-hybridized carbons (Fsp3) is 0.462. The summed E-state index contributed by atoms with van der Waals surface area (Å²) < 4.78 is 0. The topological polar surface area (TPSA) is 41.1 Å². The highest BCUT2D eigenvalue weighted by atomic mass is 35.5. The number of carbonyl (C=O) groups is 1. The molecule has 3 nitrogen and oxygen atoms in total. The lowest BCUT2D eigenvalue weighted by molar-refractivity contribution is 0.0887. The second-order valence-corrected chi connectivity index (χ2v) is 5.73. The van der Waals surface area contributed by atoms with Crippen LogP contribution in [0.2, 0.25) is 10.0 Å². The Hall–Kier alpha value is -0.770. The highest BCUT2D eigenvalue weighted by Crippen LogP contribution is 2.23. The molecule has 2 N–H and O–H groups in total. The molecule has 0 bridgehead atoms. The summed E-state index contributed by atoms with van der Waals surface area (Å²) >= 11 is 11.9. The molecule has 1 fully saturated rings. The number of benzene rings is 1. The summed E-state index contributed by atoms with van der Waals surface area (Å²) in [5, 5.41) is 7.27. The molecule has 98 valence electrons. The SMILES string of the molecule is CC1(NC(=O)c2cc(Cl)ccc2Cl)CCNCC1. The number of rotatable bonds is 2. The van der Waals surface area contributed by atoms with Crippen molar-refractivity contribution in [3.05, 3.63) is 33.8 Å². The van der Waals surface area contributed by atoms with Crippen molar-refractivity contribution in [2.75, 3.05) is 13.1 Å². The largest absolute Gasteiger partial charge is 0.347 e. The maximum absolute atomic E-state index is 12.2. The van der Waals surface area contributed by atoms with Crippen LogP contribution in [0.15, 0.2) is 18.2 Å². The predicted octanol–water partition coefficient (Wildman–Crippen LogP) is 2.87. The van der Waals surface area contributed by atoms with Gasteiger partial charge in [-0.1, -0.05) is 23.2 Å². The molecule has 18 heavy (non-hydrogen) atoms. The van der Waals surface area contributed by atoms with Crippen LogP contribution in [0.1, 0.15) is 30.1 Å². The van der Waals surface area contributed by atoms with Gasteiger partial charge in [-0.05, 0) is 51.1 Å². The summed E-state index contributed by atoms with van der Waals surface area (Å²) in [6, 6.07) is 4.92. The van der Waals surface area contributed by atoms with E-state index in [9.17, 15) is 4.79 Å². The summed E-state index contributed by atoms with van der Waals surface area (Å²) in [4.78, 5) is 12.2. The molecule has 2 rings (SSSR count). The van der Waals surface area contributed by atoms with E-state index < -0.39 is 0 Å². The summed E-state index contributed by atoms with van der Waals surface area (Å²) in [6.45, 7) is 3.89. The van der Waals surface area contributed by atoms with Gasteiger partial charge in [0.15, 0.2) is 0 Å². The molecular weight excluding hydrogens is 271 g/mol. The molecule has 5 heteroatoms. The molecule has 1 aromatic rings. The van der Waals surface area contributed by atoms with Crippen LogP contribution in [0.4, 0.5) is 0 Å². The van der Waals surface area contributed by atoms with E-state index in [0.717, 1.165) is 25.9 Å². The minimum atomic E-state index is -0.173. The van der Waals surface area contributed by atoms with Crippen molar-refractivity contribution >= 4 is 29.1 Å². The molecule has 0 unspecified atom stereocenters. The first-order chi connectivity index (χ1) is 8.50. The van der Waals surface area contributed by atoms with Gasteiger partial charge in [0, 0.05) is 10.6 Å². The normalized spacial score (nSPS) is 18.4. The van der Waals surface area contributed by atoms with Crippen LogP contribution in [0.25, 0.3) is 0 Å². The van der Waals surface area contributed by atoms with Crippen LogP contribution < -0.4 is 10.6 Å². The Morgan fingerprint density at radius 3 is 2.67 bits per heavy atom. The van der Waals surface area contributed by atoms with Gasteiger partial charge >= 0.3 is 0 Å². The second-order valence-electron chi connectivity index (χ2n) is 4.89. The molecule has 1 saturated heterocycles. The van der Waals surface area contributed by atoms with E-state index in [2.05, 4.69) is 17.6 Å². The van der Waals surface area contributed by atoms with Crippen molar-refractivity contribution < 1.29 is 4.79 Å². The fourth-order valence-corrected chi connectivity index (χ4v) is 2.49. The number of hydrogen-bond acceptors (Lipinski definition) is 2. The first kappa shape index (κ1) is 13.7. The van der Waals surface area contributed by atoms with Crippen molar-refractivity contribution in [2.24, 2.45) is 0 Å². The van der Waals surface area contributed by atoms with Gasteiger partial charge in [-0.3, -0.25) is 4.79 Å². The van der Waals surface area contributed by atoms with Crippen LogP contribution in [-0.2, 0) is 0 Å². The summed E-state index contributed by atoms with van der Waals surface area (Å²) in [5.74, 6) is -0.160. The van der Waals surface area contributed by atoms with Crippen LogP contribution in [0.3, 0.4) is 0 Å². The minimum absolute atomic E-state index is 0.160. The molecule has 1 aromatic carbocycles. The Labute approximate surface area is 117 Å². The minimum Gasteiger partial charge on any atom is -0.347 e. The van der Waals surface area contributed by atoms with Gasteiger partial charge in [0.05, 0.1) is 10.6 Å². The molecule has 0 aliphatic carbocycles. The zero-order chi connectivity index (χ0) is 13.2. The van der Waals surface area contributed by atoms with E-state index in [4.69, 9.17) is 23.2 Å². The Morgan fingerprint density at radius 2 is 2.00 bits per heavy atom. The van der Waals surface area contributed by atoms with Gasteiger partial charge in [-0.25, -0.2) is 0 Å². The summed E-state index contributed by atoms with van der Waals surface area (Å²) in [7, 11) is 0. The lowest BCUT2D eigenvalue weighted by atomic mass is 9.90. The Balaban J connectivity index is 2.14. The zero-order valence-electron chi connectivity index (χ0n) is 10.2. The Kier molecular flexibility index (Phi) is 4.15. The molecule has 1 amide bonds. The lowest BCUT2D eigenvalue weighted by Gasteiger charge is -2.35. The zero-order valence-corrected chi connectivity index (χ0v) is 11.7. The molecule has 0 aromatic heterocycles. The van der Waals surface area contributed by atoms with E-state index >= 15 is 0 Å². The highest BCUT2D eigenvalue weighted by Gasteiger charge is 2.29. The number of nitrogens with one attached hydrogen (secondary N) is 2. The maximum Gasteiger partial charge on any atom is 0.253 e. The first-order valence-corrected chi connectivity index (χ1v) is 6.74. The number of hydrogen-bond donors (Lipinski definition) is 2. The molecule has 1 aliphatic heterocycles. The van der Waals surface area contributed by atoms with Gasteiger partial charge < -0.3 is 10.6 Å². The Bertz CT molecular complexity index is 456. The smallest absolute Gasteiger partial charge is 0.253 e. The van der Waals surface area contributed by atoms with Gasteiger partial charge in [-0.2, -0.15) is 0 Å². The number of amides is 1. The van der Waals surface area contributed by atoms with Gasteiger partial charge in [0.25, 0.3) is 5.91 Å². The molecule has 1 aliphatic rings. The summed E-state index contributed by atoms with van der Waals surface area (Å²) in [5.41, 5.74) is 0.262. The van der Waals surface area contributed by atoms with E-state index in [-0.39, 0.29) is 11.4 Å². The third-order valence-corrected chi connectivity index (χ3v) is 3.86. The molecule has 0 saturated carbocycles. The fourth-order valence-electron chi connectivity index (χ4n) is 2.12. The standard InChI is InChI=1S/C13H16Cl2N2O/c1-13(4-6-16-7-5-13)17-12(18)10-8-9(14)2-3-11(10)15/h2-3,8,16H,4-7H2,1H3,(H,17,18). The van der Waals surface area contributed by atoms with Crippen molar-refractivity contribution in [3.8, 4) is 0 Å². The van der Waals surface area contributed by atoms with E-state index in [1.807, 2.05) is 0 Å². The number of halogens is 2. The lowest BCUT2D eigenvalue weighted by Crippen LogP contribution is -2.52. The summed E-state index contributed by atoms with van der Waals surface area (Å²) in [6.07, 6.45) is 1.83. The quantitative estimate of drug-likeness (QED) is 0.878. The number of piperidine rings is 1. The van der Waals surface area contributed by atoms with Crippen LogP contribution in [-0.4, -0.2) is 24.5 Å². The van der Waals surface area contributed by atoms with E-state index in [0.29, 0.717) is 15.6 Å². The van der Waals surface area contributed by atoms with Gasteiger partial charge in [-0.15, -0.1) is 0 Å². The third-order valence-electron chi connectivity index (χ3n) is 3.30. The average molecular weight is 287 g/mol. The number of carbonyl (C=O) groups excluding carboxylic acids is 1. The van der Waals surface area contributed by atoms with Gasteiger partial charge in [0.2, 0.25) is 0 Å². The molecule has 0 spiro atoms. The van der Waals surface area contributed by atoms with Crippen molar-refractivity contribution in [2.45, 2.75) is 25.3 Å². The highest BCUT2D eigenvalue weighted by molar-refractivity contribution is 6.35. The monoisotopic (exact) mass is 286 g/mol. The molecular formula is C13H16Cl2N2O. The van der Waals surface area contributed by atoms with Crippen molar-refractivity contribution in [1.29, 1.82) is 0 Å².